The minimum atomic E-state index is 0.751. The number of rotatable bonds is 5. The van der Waals surface area contributed by atoms with E-state index in [9.17, 15) is 0 Å². The van der Waals surface area contributed by atoms with Crippen LogP contribution in [-0.2, 0) is 5.75 Å². The van der Waals surface area contributed by atoms with Crippen molar-refractivity contribution in [1.82, 2.24) is 10.2 Å². The molecule has 0 saturated heterocycles. The summed E-state index contributed by atoms with van der Waals surface area (Å²) < 4.78 is 5.36. The van der Waals surface area contributed by atoms with Crippen LogP contribution in [0.4, 0.5) is 0 Å². The Bertz CT molecular complexity index is 793. The minimum Gasteiger partial charge on any atom is -0.496 e. The second kappa shape index (κ2) is 7.49. The van der Waals surface area contributed by atoms with Gasteiger partial charge in [0.25, 0.3) is 0 Å². The summed E-state index contributed by atoms with van der Waals surface area (Å²) in [6, 6.07) is 19.6. The van der Waals surface area contributed by atoms with Gasteiger partial charge in [-0.2, -0.15) is 0 Å². The van der Waals surface area contributed by atoms with E-state index >= 15 is 0 Å². The zero-order chi connectivity index (χ0) is 16.1. The monoisotopic (exact) mass is 342 g/mol. The van der Waals surface area contributed by atoms with Crippen molar-refractivity contribution in [3.05, 3.63) is 71.2 Å². The van der Waals surface area contributed by atoms with Crippen LogP contribution in [0, 0.1) is 0 Å². The van der Waals surface area contributed by atoms with Gasteiger partial charge in [0, 0.05) is 16.3 Å². The predicted octanol–water partition coefficient (Wildman–Crippen LogP) is 5.10. The lowest BCUT2D eigenvalue weighted by atomic mass is 10.1. The summed E-state index contributed by atoms with van der Waals surface area (Å²) in [5.74, 6) is 1.60. The average Bonchev–Trinajstić information content (AvgIpc) is 2.60. The highest BCUT2D eigenvalue weighted by atomic mass is 35.5. The van der Waals surface area contributed by atoms with Gasteiger partial charge in [0.2, 0.25) is 0 Å². The number of nitrogens with zero attached hydrogens (tertiary/aromatic N) is 2. The van der Waals surface area contributed by atoms with Crippen molar-refractivity contribution in [2.75, 3.05) is 7.11 Å². The molecule has 0 amide bonds. The summed E-state index contributed by atoms with van der Waals surface area (Å²) >= 11 is 7.63. The molecule has 0 atom stereocenters. The molecule has 0 fully saturated rings. The van der Waals surface area contributed by atoms with Gasteiger partial charge in [-0.05, 0) is 42.0 Å². The number of methoxy groups -OCH3 is 1. The van der Waals surface area contributed by atoms with Gasteiger partial charge >= 0.3 is 0 Å². The van der Waals surface area contributed by atoms with E-state index in [0.29, 0.717) is 0 Å². The Balaban J connectivity index is 1.72. The van der Waals surface area contributed by atoms with Crippen molar-refractivity contribution in [2.24, 2.45) is 0 Å². The molecule has 0 saturated carbocycles. The summed E-state index contributed by atoms with van der Waals surface area (Å²) in [7, 11) is 1.65. The summed E-state index contributed by atoms with van der Waals surface area (Å²) in [6.45, 7) is 0. The van der Waals surface area contributed by atoms with Gasteiger partial charge in [-0.1, -0.05) is 47.6 Å². The molecule has 3 aromatic rings. The largest absolute Gasteiger partial charge is 0.496 e. The van der Waals surface area contributed by atoms with E-state index in [-0.39, 0.29) is 0 Å². The maximum absolute atomic E-state index is 5.99. The summed E-state index contributed by atoms with van der Waals surface area (Å²) in [6.07, 6.45) is 0. The van der Waals surface area contributed by atoms with E-state index in [1.54, 1.807) is 18.9 Å². The third kappa shape index (κ3) is 4.03. The zero-order valence-electron chi connectivity index (χ0n) is 12.6. The number of hydrogen-bond donors (Lipinski definition) is 0. The standard InChI is InChI=1S/C18H15ClN2OS/c1-22-17-8-3-2-7-15(17)16-9-10-18(21-20-16)23-12-13-5-4-6-14(19)11-13/h2-11H,12H2,1H3. The number of halogens is 1. The smallest absolute Gasteiger partial charge is 0.128 e. The van der Waals surface area contributed by atoms with E-state index in [4.69, 9.17) is 16.3 Å². The number of benzene rings is 2. The fourth-order valence-corrected chi connectivity index (χ4v) is 3.15. The van der Waals surface area contributed by atoms with Crippen molar-refractivity contribution in [1.29, 1.82) is 0 Å². The molecule has 0 bridgehead atoms. The van der Waals surface area contributed by atoms with Crippen LogP contribution in [0.5, 0.6) is 5.75 Å². The fraction of sp³-hybridized carbons (Fsp3) is 0.111. The van der Waals surface area contributed by atoms with Gasteiger partial charge in [-0.15, -0.1) is 10.2 Å². The Labute approximate surface area is 144 Å². The van der Waals surface area contributed by atoms with Crippen LogP contribution in [0.1, 0.15) is 5.56 Å². The topological polar surface area (TPSA) is 35.0 Å². The van der Waals surface area contributed by atoms with Crippen molar-refractivity contribution >= 4 is 23.4 Å². The zero-order valence-corrected chi connectivity index (χ0v) is 14.1. The van der Waals surface area contributed by atoms with Gasteiger partial charge in [-0.25, -0.2) is 0 Å². The van der Waals surface area contributed by atoms with Crippen molar-refractivity contribution in [2.45, 2.75) is 10.8 Å². The molecule has 0 aliphatic rings. The molecule has 0 aliphatic carbocycles. The Hall–Kier alpha value is -2.04. The second-order valence-electron chi connectivity index (χ2n) is 4.88. The molecular weight excluding hydrogens is 328 g/mol. The first kappa shape index (κ1) is 15.8. The molecular formula is C18H15ClN2OS. The highest BCUT2D eigenvalue weighted by Gasteiger charge is 2.07. The number of hydrogen-bond acceptors (Lipinski definition) is 4. The number of para-hydroxylation sites is 1. The van der Waals surface area contributed by atoms with Gasteiger partial charge in [0.15, 0.2) is 0 Å². The first-order valence-electron chi connectivity index (χ1n) is 7.10. The molecule has 5 heteroatoms. The molecule has 1 aromatic heterocycles. The van der Waals surface area contributed by atoms with E-state index in [0.717, 1.165) is 38.4 Å². The van der Waals surface area contributed by atoms with Crippen molar-refractivity contribution < 1.29 is 4.74 Å². The maximum atomic E-state index is 5.99. The molecule has 116 valence electrons. The molecule has 0 aliphatic heterocycles. The third-order valence-corrected chi connectivity index (χ3v) is 4.53. The first-order chi connectivity index (χ1) is 11.3. The van der Waals surface area contributed by atoms with Crippen LogP contribution >= 0.6 is 23.4 Å². The summed E-state index contributed by atoms with van der Waals surface area (Å²) in [5, 5.41) is 10.2. The second-order valence-corrected chi connectivity index (χ2v) is 6.31. The highest BCUT2D eigenvalue weighted by Crippen LogP contribution is 2.29. The third-order valence-electron chi connectivity index (χ3n) is 3.30. The summed E-state index contributed by atoms with van der Waals surface area (Å²) in [5.41, 5.74) is 2.90. The Morgan fingerprint density at radius 3 is 2.61 bits per heavy atom. The molecule has 0 spiro atoms. The Morgan fingerprint density at radius 2 is 1.87 bits per heavy atom. The van der Waals surface area contributed by atoms with Gasteiger partial charge in [0.1, 0.15) is 10.8 Å². The quantitative estimate of drug-likeness (QED) is 0.604. The molecule has 3 rings (SSSR count). The van der Waals surface area contributed by atoms with Crippen LogP contribution in [0.2, 0.25) is 5.02 Å². The maximum Gasteiger partial charge on any atom is 0.128 e. The van der Waals surface area contributed by atoms with Crippen LogP contribution in [0.3, 0.4) is 0 Å². The fourth-order valence-electron chi connectivity index (χ4n) is 2.18. The van der Waals surface area contributed by atoms with Gasteiger partial charge < -0.3 is 4.74 Å². The average molecular weight is 343 g/mol. The van der Waals surface area contributed by atoms with Crippen LogP contribution < -0.4 is 4.74 Å². The van der Waals surface area contributed by atoms with Gasteiger partial charge in [0.05, 0.1) is 12.8 Å². The first-order valence-corrected chi connectivity index (χ1v) is 8.47. The SMILES string of the molecule is COc1ccccc1-c1ccc(SCc2cccc(Cl)c2)nn1. The molecule has 0 unspecified atom stereocenters. The van der Waals surface area contributed by atoms with Crippen molar-refractivity contribution in [3.8, 4) is 17.0 Å². The van der Waals surface area contributed by atoms with E-state index in [1.165, 1.54) is 0 Å². The van der Waals surface area contributed by atoms with E-state index < -0.39 is 0 Å². The highest BCUT2D eigenvalue weighted by molar-refractivity contribution is 7.98. The Kier molecular flexibility index (Phi) is 5.16. The summed E-state index contributed by atoms with van der Waals surface area (Å²) in [4.78, 5) is 0. The lowest BCUT2D eigenvalue weighted by Gasteiger charge is -2.07. The lowest BCUT2D eigenvalue weighted by molar-refractivity contribution is 0.416. The van der Waals surface area contributed by atoms with E-state index in [1.807, 2.05) is 54.6 Å². The molecule has 0 radical (unpaired) electrons. The molecule has 0 N–H and O–H groups in total. The number of ether oxygens (including phenoxy) is 1. The van der Waals surface area contributed by atoms with Crippen molar-refractivity contribution in [3.63, 3.8) is 0 Å². The Morgan fingerprint density at radius 1 is 1.00 bits per heavy atom. The molecule has 2 aromatic carbocycles. The van der Waals surface area contributed by atoms with Gasteiger partial charge in [-0.3, -0.25) is 0 Å². The predicted molar refractivity (Wildman–Crippen MR) is 95.0 cm³/mol. The van der Waals surface area contributed by atoms with Crippen LogP contribution in [-0.4, -0.2) is 17.3 Å². The van der Waals surface area contributed by atoms with Crippen LogP contribution in [0.15, 0.2) is 65.7 Å². The van der Waals surface area contributed by atoms with E-state index in [2.05, 4.69) is 16.3 Å². The number of aromatic nitrogens is 2. The lowest BCUT2D eigenvalue weighted by Crippen LogP contribution is -1.93. The molecule has 1 heterocycles. The van der Waals surface area contributed by atoms with Crippen LogP contribution in [0.25, 0.3) is 11.3 Å². The normalized spacial score (nSPS) is 10.5. The number of thioether (sulfide) groups is 1. The molecule has 3 nitrogen and oxygen atoms in total. The minimum absolute atomic E-state index is 0.751. The molecule has 23 heavy (non-hydrogen) atoms.